The molecule has 3 heterocycles. The molecule has 200 valence electrons. The van der Waals surface area contributed by atoms with E-state index in [1.54, 1.807) is 13.2 Å². The molecule has 1 fully saturated rings. The van der Waals surface area contributed by atoms with Crippen molar-refractivity contribution in [1.29, 1.82) is 0 Å². The monoisotopic (exact) mass is 530 g/mol. The average molecular weight is 531 g/mol. The SMILES string of the molecule is COc1cc(F)cc(-c2cccc3[nH]c(-c4n[nH]c5ccc(-c6cccc(CN7CCCCC7)c6)cc45)cc23)c1. The summed E-state index contributed by atoms with van der Waals surface area (Å²) >= 11 is 0. The molecular formula is C34H31FN4O. The Morgan fingerprint density at radius 2 is 1.65 bits per heavy atom. The summed E-state index contributed by atoms with van der Waals surface area (Å²) in [6.07, 6.45) is 3.94. The fourth-order valence-corrected chi connectivity index (χ4v) is 5.99. The molecule has 4 aromatic carbocycles. The number of likely N-dealkylation sites (tertiary alicyclic amines) is 1. The summed E-state index contributed by atoms with van der Waals surface area (Å²) in [5.74, 6) is 0.168. The first-order chi connectivity index (χ1) is 19.6. The molecule has 2 aromatic heterocycles. The summed E-state index contributed by atoms with van der Waals surface area (Å²) in [6, 6.07) is 28.3. The van der Waals surface area contributed by atoms with E-state index < -0.39 is 0 Å². The van der Waals surface area contributed by atoms with Crippen LogP contribution in [0.25, 0.3) is 55.4 Å². The molecule has 5 nitrogen and oxygen atoms in total. The first-order valence-corrected chi connectivity index (χ1v) is 13.9. The van der Waals surface area contributed by atoms with Crippen molar-refractivity contribution in [3.63, 3.8) is 0 Å². The van der Waals surface area contributed by atoms with Gasteiger partial charge in [-0.15, -0.1) is 0 Å². The van der Waals surface area contributed by atoms with Crippen molar-refractivity contribution in [1.82, 2.24) is 20.1 Å². The molecule has 1 saturated heterocycles. The van der Waals surface area contributed by atoms with Crippen molar-refractivity contribution in [2.75, 3.05) is 20.2 Å². The van der Waals surface area contributed by atoms with Gasteiger partial charge >= 0.3 is 0 Å². The number of ether oxygens (including phenoxy) is 1. The summed E-state index contributed by atoms with van der Waals surface area (Å²) in [5.41, 5.74) is 9.15. The lowest BCUT2D eigenvalue weighted by Gasteiger charge is -2.26. The molecule has 1 aliphatic heterocycles. The van der Waals surface area contributed by atoms with Crippen LogP contribution >= 0.6 is 0 Å². The van der Waals surface area contributed by atoms with E-state index in [0.29, 0.717) is 5.75 Å². The zero-order chi connectivity index (χ0) is 27.1. The largest absolute Gasteiger partial charge is 0.497 e. The van der Waals surface area contributed by atoms with E-state index in [4.69, 9.17) is 9.84 Å². The van der Waals surface area contributed by atoms with Crippen LogP contribution in [-0.4, -0.2) is 40.3 Å². The van der Waals surface area contributed by atoms with Gasteiger partial charge in [0.15, 0.2) is 0 Å². The van der Waals surface area contributed by atoms with Crippen molar-refractivity contribution in [3.8, 4) is 39.4 Å². The standard InChI is InChI=1S/C34H31FN4O/c1-40-27-17-25(16-26(35)19-27)28-9-6-10-31-29(28)20-33(36-31)34-30-18-24(11-12-32(30)37-38-34)23-8-5-7-22(15-23)21-39-13-3-2-4-14-39/h5-12,15-20,36H,2-4,13-14,21H2,1H3,(H,37,38). The number of nitrogens with one attached hydrogen (secondary N) is 2. The third kappa shape index (κ3) is 4.65. The number of piperidine rings is 1. The van der Waals surface area contributed by atoms with Gasteiger partial charge in [-0.3, -0.25) is 10.00 Å². The lowest BCUT2D eigenvalue weighted by atomic mass is 9.99. The number of hydrogen-bond donors (Lipinski definition) is 2. The van der Waals surface area contributed by atoms with E-state index >= 15 is 0 Å². The number of hydrogen-bond acceptors (Lipinski definition) is 3. The second-order valence-electron chi connectivity index (χ2n) is 10.7. The Hall–Kier alpha value is -4.42. The molecule has 40 heavy (non-hydrogen) atoms. The first kappa shape index (κ1) is 24.6. The summed E-state index contributed by atoms with van der Waals surface area (Å²) in [6.45, 7) is 3.38. The number of aromatic amines is 2. The third-order valence-electron chi connectivity index (χ3n) is 8.02. The van der Waals surface area contributed by atoms with Crippen LogP contribution in [0.3, 0.4) is 0 Å². The molecule has 0 amide bonds. The maximum Gasteiger partial charge on any atom is 0.127 e. The second kappa shape index (κ2) is 10.3. The summed E-state index contributed by atoms with van der Waals surface area (Å²) in [5, 5.41) is 9.95. The normalized spacial score (nSPS) is 14.2. The number of methoxy groups -OCH3 is 1. The highest BCUT2D eigenvalue weighted by molar-refractivity contribution is 6.02. The number of nitrogens with zero attached hydrogens (tertiary/aromatic N) is 2. The molecule has 6 aromatic rings. The van der Waals surface area contributed by atoms with Gasteiger partial charge in [-0.25, -0.2) is 4.39 Å². The molecular weight excluding hydrogens is 499 g/mol. The van der Waals surface area contributed by atoms with Crippen LogP contribution in [0, 0.1) is 5.82 Å². The van der Waals surface area contributed by atoms with Gasteiger partial charge in [0, 0.05) is 28.9 Å². The predicted molar refractivity (Wildman–Crippen MR) is 160 cm³/mol. The Morgan fingerprint density at radius 1 is 0.800 bits per heavy atom. The molecule has 1 aliphatic rings. The van der Waals surface area contributed by atoms with Gasteiger partial charge in [0.25, 0.3) is 0 Å². The molecule has 0 unspecified atom stereocenters. The number of halogens is 1. The van der Waals surface area contributed by atoms with E-state index in [1.807, 2.05) is 24.3 Å². The van der Waals surface area contributed by atoms with Crippen molar-refractivity contribution < 1.29 is 9.13 Å². The van der Waals surface area contributed by atoms with E-state index in [9.17, 15) is 4.39 Å². The zero-order valence-corrected chi connectivity index (χ0v) is 22.5. The number of aromatic nitrogens is 3. The fourth-order valence-electron chi connectivity index (χ4n) is 5.99. The molecule has 0 bridgehead atoms. The highest BCUT2D eigenvalue weighted by atomic mass is 19.1. The van der Waals surface area contributed by atoms with E-state index in [-0.39, 0.29) is 5.82 Å². The Balaban J connectivity index is 1.26. The number of rotatable bonds is 6. The summed E-state index contributed by atoms with van der Waals surface area (Å²) in [4.78, 5) is 6.10. The molecule has 7 rings (SSSR count). The minimum atomic E-state index is -0.326. The molecule has 2 N–H and O–H groups in total. The maximum absolute atomic E-state index is 14.3. The van der Waals surface area contributed by atoms with Gasteiger partial charge < -0.3 is 9.72 Å². The van der Waals surface area contributed by atoms with Crippen LogP contribution in [0.1, 0.15) is 24.8 Å². The molecule has 0 spiro atoms. The van der Waals surface area contributed by atoms with Crippen molar-refractivity contribution in [2.24, 2.45) is 0 Å². The lowest BCUT2D eigenvalue weighted by molar-refractivity contribution is 0.221. The minimum Gasteiger partial charge on any atom is -0.497 e. The van der Waals surface area contributed by atoms with E-state index in [0.717, 1.165) is 50.9 Å². The van der Waals surface area contributed by atoms with Gasteiger partial charge in [0.1, 0.15) is 17.3 Å². The van der Waals surface area contributed by atoms with Gasteiger partial charge in [-0.2, -0.15) is 5.10 Å². The molecule has 0 atom stereocenters. The summed E-state index contributed by atoms with van der Waals surface area (Å²) < 4.78 is 19.6. The third-order valence-corrected chi connectivity index (χ3v) is 8.02. The van der Waals surface area contributed by atoms with Crippen molar-refractivity contribution in [2.45, 2.75) is 25.8 Å². The highest BCUT2D eigenvalue weighted by Crippen LogP contribution is 2.36. The predicted octanol–water partition coefficient (Wildman–Crippen LogP) is 8.18. The maximum atomic E-state index is 14.3. The second-order valence-corrected chi connectivity index (χ2v) is 10.7. The van der Waals surface area contributed by atoms with Crippen LogP contribution in [0.15, 0.2) is 84.9 Å². The van der Waals surface area contributed by atoms with E-state index in [1.165, 1.54) is 55.1 Å². The highest BCUT2D eigenvalue weighted by Gasteiger charge is 2.16. The minimum absolute atomic E-state index is 0.326. The molecule has 0 aliphatic carbocycles. The van der Waals surface area contributed by atoms with E-state index in [2.05, 4.69) is 63.5 Å². The van der Waals surface area contributed by atoms with Crippen LogP contribution in [0.4, 0.5) is 4.39 Å². The Morgan fingerprint density at radius 3 is 2.52 bits per heavy atom. The van der Waals surface area contributed by atoms with Gasteiger partial charge in [-0.05, 0) is 96.2 Å². The van der Waals surface area contributed by atoms with Gasteiger partial charge in [0.05, 0.1) is 18.3 Å². The number of benzene rings is 4. The number of fused-ring (bicyclic) bond motifs is 2. The van der Waals surface area contributed by atoms with Crippen molar-refractivity contribution >= 4 is 21.8 Å². The average Bonchev–Trinajstić information content (AvgIpc) is 3.61. The quantitative estimate of drug-likeness (QED) is 0.228. The van der Waals surface area contributed by atoms with Crippen molar-refractivity contribution in [3.05, 3.63) is 96.3 Å². The topological polar surface area (TPSA) is 56.9 Å². The molecule has 0 radical (unpaired) electrons. The van der Waals surface area contributed by atoms with Crippen LogP contribution in [0.5, 0.6) is 5.75 Å². The van der Waals surface area contributed by atoms with Crippen LogP contribution in [-0.2, 0) is 6.54 Å². The Labute approximate surface area is 232 Å². The number of H-pyrrole nitrogens is 2. The van der Waals surface area contributed by atoms with Gasteiger partial charge in [0.2, 0.25) is 0 Å². The summed E-state index contributed by atoms with van der Waals surface area (Å²) in [7, 11) is 1.55. The van der Waals surface area contributed by atoms with Gasteiger partial charge in [-0.1, -0.05) is 42.8 Å². The molecule has 6 heteroatoms. The smallest absolute Gasteiger partial charge is 0.127 e. The van der Waals surface area contributed by atoms with Crippen LogP contribution < -0.4 is 4.74 Å². The zero-order valence-electron chi connectivity index (χ0n) is 22.5. The molecule has 0 saturated carbocycles. The Kier molecular flexibility index (Phi) is 6.33. The lowest BCUT2D eigenvalue weighted by Crippen LogP contribution is -2.29. The first-order valence-electron chi connectivity index (χ1n) is 13.9. The fraction of sp³-hybridized carbons (Fsp3) is 0.206. The Bertz CT molecular complexity index is 1830. The van der Waals surface area contributed by atoms with Crippen LogP contribution in [0.2, 0.25) is 0 Å².